The molecular weight excluding hydrogens is 2500 g/mol. The van der Waals surface area contributed by atoms with E-state index in [0.717, 1.165) is 207 Å². The number of ether oxygens (including phenoxy) is 8. The van der Waals surface area contributed by atoms with Gasteiger partial charge in [-0.15, -0.1) is 56.7 Å². The molecular formula is C106H136BBr5ClILiN15O10S5Sn. The minimum absolute atomic E-state index is 0. The molecule has 10 atom stereocenters. The summed E-state index contributed by atoms with van der Waals surface area (Å²) in [4.78, 5) is 52.3. The molecule has 3 N–H and O–H groups in total. The van der Waals surface area contributed by atoms with Gasteiger partial charge in [0.2, 0.25) is 0 Å². The molecule has 0 aliphatic carbocycles. The summed E-state index contributed by atoms with van der Waals surface area (Å²) >= 11 is 25.2. The number of hydrogen-bond donors (Lipinski definition) is 3. The molecule has 5 aromatic carbocycles. The zero-order chi connectivity index (χ0) is 105. The van der Waals surface area contributed by atoms with Crippen molar-refractivity contribution in [3.63, 3.8) is 0 Å². The zero-order valence-electron chi connectivity index (χ0n) is 86.9. The molecule has 0 amide bonds. The fourth-order valence-corrected chi connectivity index (χ4v) is 36.9. The van der Waals surface area contributed by atoms with Gasteiger partial charge in [-0.25, -0.2) is 34.6 Å². The summed E-state index contributed by atoms with van der Waals surface area (Å²) in [6, 6.07) is 31.7. The van der Waals surface area contributed by atoms with Gasteiger partial charge in [-0.05, 0) is 220 Å². The van der Waals surface area contributed by atoms with Crippen molar-refractivity contribution in [2.45, 2.75) is 230 Å². The van der Waals surface area contributed by atoms with Crippen LogP contribution in [0, 0.1) is 30.6 Å². The van der Waals surface area contributed by atoms with Crippen LogP contribution in [-0.4, -0.2) is 222 Å². The first-order chi connectivity index (χ1) is 69.6. The number of hydrogen-bond acceptors (Lipinski definition) is 28. The van der Waals surface area contributed by atoms with E-state index in [0.29, 0.717) is 53.5 Å². The van der Waals surface area contributed by atoms with E-state index < -0.39 is 24.4 Å². The Morgan fingerprint density at radius 1 is 0.459 bits per heavy atom. The molecule has 13 heterocycles. The smallest absolute Gasteiger partial charge is 0.495 e. The average molecular weight is 2640 g/mol. The molecule has 5 saturated heterocycles. The third-order valence-electron chi connectivity index (χ3n) is 23.1. The average Bonchev–Trinajstić information content (AvgIpc) is 1.04. The molecule has 0 spiro atoms. The maximum absolute atomic E-state index is 8.67. The van der Waals surface area contributed by atoms with Gasteiger partial charge in [0.1, 0.15) is 26.5 Å². The van der Waals surface area contributed by atoms with Crippen molar-refractivity contribution in [3.8, 4) is 50.9 Å². The monoisotopic (exact) mass is 2630 g/mol. The SMILES string of the molecule is Brc1csc(Br)n1.CCC[CH2][Sn]([Cl])([CH2]CCC)[CH2]CCC.COc1c(-c2csc(N3C[C@@H](C)O[C@@H](C)C3)n2)cnc2c(Br)cccc12.COc1c(I)cnc2c(Br)cccc12.C[C@@H]1CN(c2nc(Br)cs2)C[C@H](C)O1.C[C@@H]1CNC[C@H](C)O1.Cc1csc(N2C[C@@H](C)O[C@@H](C)C2)n1.[C-]#[N+]c1ccc(-c2cccc3c(OC)c(-c4csc(N5C[C@@H](C)O[C@@H](C)C5)n4)cnc23)cc1.[C-]#[N+]c1ccc(B(O)O)cc1.[CH2-]CCC.[Li+]. The molecule has 25 nitrogen and oxygen atoms in total. The quantitative estimate of drug-likeness (QED) is 0.0343. The van der Waals surface area contributed by atoms with Crippen molar-refractivity contribution < 1.29 is 66.8 Å². The Hall–Kier alpha value is -5.38. The van der Waals surface area contributed by atoms with Gasteiger partial charge in [0.25, 0.3) is 0 Å². The predicted octanol–water partition coefficient (Wildman–Crippen LogP) is 26.3. The first-order valence-electron chi connectivity index (χ1n) is 48.9. The van der Waals surface area contributed by atoms with Gasteiger partial charge in [-0.1, -0.05) is 86.1 Å². The van der Waals surface area contributed by atoms with E-state index in [9.17, 15) is 0 Å². The number of methoxy groups -OCH3 is 3. The Morgan fingerprint density at radius 3 is 1.14 bits per heavy atom. The maximum atomic E-state index is 8.67. The van der Waals surface area contributed by atoms with Gasteiger partial charge in [-0.3, -0.25) is 15.0 Å². The standard InChI is InChI=1S/C26H24N4O2S.C19H20BrN3O2S.C10H7BrINO.C10H16N2OS.C9H13BrN2OS.C7H6BNO2.C6H13NO.4C4H9.C3HBr2NS.ClH.Li.Sn/c1-16-13-30(14-17(2)32-16)26-29-23(15-33-26)22-12-28-24-20(6-5-7-21(24)25(22)31-4)18-8-10-19(27-3)11-9-18;1-11-8-23(9-12(2)25-11)19-22-16(10-26-19)14-7-21-17-13(18(14)24-3)5-4-6-15(17)20;1-14-10-6-3-2-4-7(11)9(6)13-5-8(10)12;1-7-6-14-10(11-7)12-4-8(2)13-9(3)5-12;1-6-3-12(4-7(2)13-6)9-11-8(10)5-14-9;1-9-7-4-2-6(3-5-7)8(10)11;1-5-3-7-4-6(2)8-5;4*1-3-4-2;4-2-1-7-3(5)6-2;;;/h5-12,15-17H,13-14H2,1-2,4H3;4-7,10-12H,8-9H2,1-3H3;2-5H,1H3;6,8-9H,4-5H2,1-3H3;5-7H,3-4H2,1-2H3;2-5,10-11H;5-7H,3-4H2,1-2H3;4*1,3-4H2,2H3;1H;1H;;/q;;;;;;;;;;-1;;;2*+1/p-1/t16-,17+;11-,12+;;8-,9+;6-,7+;;5-,6+;;;;;;;;. The maximum Gasteiger partial charge on any atom is 1.00 e. The summed E-state index contributed by atoms with van der Waals surface area (Å²) < 4.78 is 55.4. The molecule has 5 aliphatic rings. The second kappa shape index (κ2) is 65.3. The molecule has 18 rings (SSSR count). The molecule has 40 heteroatoms. The molecule has 0 saturated carbocycles. The summed E-state index contributed by atoms with van der Waals surface area (Å²) in [5.41, 5.74) is 10.9. The normalized spacial score (nSPS) is 18.8. The van der Waals surface area contributed by atoms with Crippen LogP contribution in [0.15, 0.2) is 171 Å². The number of pyridine rings is 3. The number of morpholine rings is 5. The number of rotatable bonds is 21. The van der Waals surface area contributed by atoms with Gasteiger partial charge in [0, 0.05) is 142 Å². The molecule has 8 aromatic heterocycles. The minimum atomic E-state index is -2.09. The van der Waals surface area contributed by atoms with Crippen molar-refractivity contribution >= 4 is 262 Å². The topological polar surface area (TPSA) is 251 Å². The molecule has 0 bridgehead atoms. The second-order valence-corrected chi connectivity index (χ2v) is 62.0. The Morgan fingerprint density at radius 2 is 0.808 bits per heavy atom. The van der Waals surface area contributed by atoms with Gasteiger partial charge in [0.05, 0.1) is 144 Å². The van der Waals surface area contributed by atoms with E-state index in [4.69, 9.17) is 85.0 Å². The van der Waals surface area contributed by atoms with Gasteiger partial charge >= 0.3 is 125 Å². The first kappa shape index (κ1) is 126. The van der Waals surface area contributed by atoms with E-state index in [1.165, 1.54) is 70.4 Å². The zero-order valence-corrected chi connectivity index (χ0v) is 105. The van der Waals surface area contributed by atoms with Crippen molar-refractivity contribution in [1.29, 1.82) is 0 Å². The van der Waals surface area contributed by atoms with Crippen LogP contribution in [0.25, 0.3) is 76.0 Å². The minimum Gasteiger partial charge on any atom is -0.495 e. The second-order valence-electron chi connectivity index (χ2n) is 35.8. The summed E-state index contributed by atoms with van der Waals surface area (Å²) in [7, 11) is 10.5. The summed E-state index contributed by atoms with van der Waals surface area (Å²) in [5.74, 6) is 2.45. The van der Waals surface area contributed by atoms with Crippen LogP contribution in [0.4, 0.5) is 31.9 Å². The Labute approximate surface area is 960 Å². The van der Waals surface area contributed by atoms with Gasteiger partial charge in [0.15, 0.2) is 35.8 Å². The number of thiazole rings is 5. The van der Waals surface area contributed by atoms with Crippen LogP contribution < -0.4 is 63.5 Å². The van der Waals surface area contributed by atoms with Crippen LogP contribution in [0.1, 0.15) is 154 Å². The number of halogens is 7. The van der Waals surface area contributed by atoms with E-state index >= 15 is 0 Å². The van der Waals surface area contributed by atoms with Gasteiger partial charge in [-0.2, -0.15) is 6.42 Å². The number of benzene rings is 5. The van der Waals surface area contributed by atoms with Crippen LogP contribution in [0.5, 0.6) is 17.2 Å². The molecule has 0 unspecified atom stereocenters. The molecule has 5 fully saturated rings. The fourth-order valence-electron chi connectivity index (χ4n) is 16.5. The third-order valence-corrected chi connectivity index (χ3v) is 46.1. The Kier molecular flexibility index (Phi) is 56.3. The van der Waals surface area contributed by atoms with Crippen molar-refractivity contribution in [3.05, 3.63) is 210 Å². The number of unbranched alkanes of at least 4 members (excludes halogenated alkanes) is 4. The summed E-state index contributed by atoms with van der Waals surface area (Å²) in [6.45, 7) is 58.6. The summed E-state index contributed by atoms with van der Waals surface area (Å²) in [5, 5.41) is 37.9. The van der Waals surface area contributed by atoms with Crippen LogP contribution in [0.3, 0.4) is 0 Å². The Balaban J connectivity index is 0.000000207. The summed E-state index contributed by atoms with van der Waals surface area (Å²) in [6.07, 6.45) is 18.7. The number of aryl methyl sites for hydroxylation is 1. The number of aromatic nitrogens is 8. The van der Waals surface area contributed by atoms with Crippen molar-refractivity contribution in [1.82, 2.24) is 45.2 Å². The van der Waals surface area contributed by atoms with Crippen LogP contribution >= 0.6 is 168 Å². The fraction of sp³-hybridized carbons (Fsp3) is 0.462. The van der Waals surface area contributed by atoms with Crippen molar-refractivity contribution in [2.24, 2.45) is 0 Å². The Bertz CT molecular complexity index is 6040. The molecule has 146 heavy (non-hydrogen) atoms. The van der Waals surface area contributed by atoms with E-state index in [1.54, 1.807) is 90.1 Å². The predicted molar refractivity (Wildman–Crippen MR) is 636 cm³/mol. The molecule has 782 valence electrons. The number of nitrogens with zero attached hydrogens (tertiary/aromatic N) is 14. The largest absolute Gasteiger partial charge is 1.00 e. The van der Waals surface area contributed by atoms with Crippen LogP contribution in [-0.2, 0) is 23.7 Å². The van der Waals surface area contributed by atoms with E-state index in [-0.39, 0.29) is 43.3 Å². The third kappa shape index (κ3) is 39.9. The van der Waals surface area contributed by atoms with Crippen molar-refractivity contribution in [2.75, 3.05) is 106 Å². The number of fused-ring (bicyclic) bond motifs is 3. The van der Waals surface area contributed by atoms with Gasteiger partial charge < -0.3 is 79.8 Å². The van der Waals surface area contributed by atoms with Crippen LogP contribution in [0.2, 0.25) is 13.3 Å². The first-order valence-corrected chi connectivity index (χ1v) is 68.0. The molecule has 0 radical (unpaired) electrons. The number of nitrogens with one attached hydrogen (secondary N) is 1. The molecule has 13 aromatic rings. The van der Waals surface area contributed by atoms with E-state index in [2.05, 4.69) is 282 Å². The van der Waals surface area contributed by atoms with E-state index in [1.807, 2.05) is 115 Å². The number of anilines is 4. The number of para-hydroxylation sites is 3. The molecule has 5 aliphatic heterocycles.